The first kappa shape index (κ1) is 32.1. The summed E-state index contributed by atoms with van der Waals surface area (Å²) in [5, 5.41) is 32.6. The third-order valence-corrected chi connectivity index (χ3v) is 9.76. The van der Waals surface area contributed by atoms with Crippen LogP contribution in [0.4, 0.5) is 0 Å². The largest absolute Gasteiger partial charge is 0.507 e. The SMILES string of the molecule is CCCCC(Cc1cc(C(C)(C)C)c(O)c(C(C)(C)C)c1C1CCN(C)C(C)(C)C1(C)C)(C(=O)O)C(=O)O. The number of phenolic OH excluding ortho intramolecular Hbond substituents is 1. The number of rotatable bonds is 8. The van der Waals surface area contributed by atoms with E-state index < -0.39 is 28.2 Å². The van der Waals surface area contributed by atoms with E-state index in [0.29, 0.717) is 12.8 Å². The molecule has 2 rings (SSSR count). The van der Waals surface area contributed by atoms with E-state index in [4.69, 9.17) is 0 Å². The van der Waals surface area contributed by atoms with Crippen LogP contribution >= 0.6 is 0 Å². The number of aromatic hydroxyl groups is 1. The van der Waals surface area contributed by atoms with Gasteiger partial charge in [0.2, 0.25) is 0 Å². The predicted octanol–water partition coefficient (Wildman–Crippen LogP) is 7.10. The van der Waals surface area contributed by atoms with Crippen LogP contribution in [0.15, 0.2) is 6.07 Å². The molecule has 38 heavy (non-hydrogen) atoms. The first-order chi connectivity index (χ1) is 17.1. The molecule has 0 bridgehead atoms. The highest BCUT2D eigenvalue weighted by Crippen LogP contribution is 2.56. The van der Waals surface area contributed by atoms with Gasteiger partial charge >= 0.3 is 11.9 Å². The maximum absolute atomic E-state index is 12.7. The molecule has 0 aromatic heterocycles. The molecule has 0 saturated carbocycles. The van der Waals surface area contributed by atoms with Crippen LogP contribution in [0.25, 0.3) is 0 Å². The zero-order chi connectivity index (χ0) is 29.6. The summed E-state index contributed by atoms with van der Waals surface area (Å²) in [6, 6.07) is 1.92. The number of unbranched alkanes of at least 4 members (excludes halogenated alkanes) is 1. The van der Waals surface area contributed by atoms with E-state index in [1.807, 2.05) is 33.8 Å². The Labute approximate surface area is 230 Å². The van der Waals surface area contributed by atoms with Gasteiger partial charge in [0, 0.05) is 11.1 Å². The molecule has 1 atom stereocenters. The summed E-state index contributed by atoms with van der Waals surface area (Å²) in [6.45, 7) is 24.1. The Morgan fingerprint density at radius 1 is 1.00 bits per heavy atom. The Morgan fingerprint density at radius 3 is 1.95 bits per heavy atom. The lowest BCUT2D eigenvalue weighted by atomic mass is 9.57. The summed E-state index contributed by atoms with van der Waals surface area (Å²) in [6.07, 6.45) is 2.01. The highest BCUT2D eigenvalue weighted by Gasteiger charge is 2.53. The summed E-state index contributed by atoms with van der Waals surface area (Å²) >= 11 is 0. The summed E-state index contributed by atoms with van der Waals surface area (Å²) in [7, 11) is 2.13. The van der Waals surface area contributed by atoms with Gasteiger partial charge in [0.05, 0.1) is 0 Å². The fraction of sp³-hybridized carbons (Fsp3) is 0.750. The van der Waals surface area contributed by atoms with Crippen molar-refractivity contribution in [1.82, 2.24) is 4.90 Å². The lowest BCUT2D eigenvalue weighted by Gasteiger charge is -2.57. The van der Waals surface area contributed by atoms with Crippen molar-refractivity contribution in [3.63, 3.8) is 0 Å². The molecule has 1 aliphatic rings. The topological polar surface area (TPSA) is 98.1 Å². The van der Waals surface area contributed by atoms with Crippen molar-refractivity contribution in [3.8, 4) is 5.75 Å². The minimum atomic E-state index is -1.93. The van der Waals surface area contributed by atoms with Crippen LogP contribution in [0.2, 0.25) is 0 Å². The van der Waals surface area contributed by atoms with Crippen LogP contribution in [0.5, 0.6) is 5.75 Å². The summed E-state index contributed by atoms with van der Waals surface area (Å²) in [5.41, 5.74) is 0.00803. The number of hydrogen-bond acceptors (Lipinski definition) is 4. The second-order valence-electron chi connectivity index (χ2n) is 14.7. The fourth-order valence-electron chi connectivity index (χ4n) is 6.35. The molecule has 1 fully saturated rings. The molecular formula is C32H53NO5. The van der Waals surface area contributed by atoms with Gasteiger partial charge in [0.15, 0.2) is 5.41 Å². The van der Waals surface area contributed by atoms with Crippen molar-refractivity contribution in [2.24, 2.45) is 10.8 Å². The van der Waals surface area contributed by atoms with E-state index in [1.165, 1.54) is 0 Å². The Morgan fingerprint density at radius 2 is 1.53 bits per heavy atom. The number of piperidine rings is 1. The number of nitrogens with zero attached hydrogens (tertiary/aromatic N) is 1. The minimum Gasteiger partial charge on any atom is -0.507 e. The van der Waals surface area contributed by atoms with Crippen molar-refractivity contribution in [1.29, 1.82) is 0 Å². The molecule has 6 heteroatoms. The number of benzene rings is 1. The van der Waals surface area contributed by atoms with Crippen LogP contribution < -0.4 is 0 Å². The van der Waals surface area contributed by atoms with Crippen molar-refractivity contribution >= 4 is 11.9 Å². The molecule has 0 amide bonds. The lowest BCUT2D eigenvalue weighted by Crippen LogP contribution is -2.59. The highest BCUT2D eigenvalue weighted by atomic mass is 16.4. The predicted molar refractivity (Wildman–Crippen MR) is 154 cm³/mol. The number of phenols is 1. The number of carboxylic acid groups (broad SMARTS) is 2. The number of aliphatic carboxylic acids is 2. The van der Waals surface area contributed by atoms with Crippen molar-refractivity contribution in [2.45, 2.75) is 131 Å². The van der Waals surface area contributed by atoms with E-state index in [1.54, 1.807) is 0 Å². The van der Waals surface area contributed by atoms with Crippen LogP contribution in [0.3, 0.4) is 0 Å². The van der Waals surface area contributed by atoms with Gasteiger partial charge in [-0.3, -0.25) is 9.59 Å². The van der Waals surface area contributed by atoms with E-state index in [9.17, 15) is 24.9 Å². The average molecular weight is 532 g/mol. The smallest absolute Gasteiger partial charge is 0.321 e. The molecule has 6 nitrogen and oxygen atoms in total. The Kier molecular flexibility index (Phi) is 8.86. The second kappa shape index (κ2) is 10.5. The first-order valence-electron chi connectivity index (χ1n) is 14.1. The van der Waals surface area contributed by atoms with Gasteiger partial charge < -0.3 is 20.2 Å². The van der Waals surface area contributed by atoms with Crippen LogP contribution in [0, 0.1) is 10.8 Å². The zero-order valence-corrected chi connectivity index (χ0v) is 26.0. The summed E-state index contributed by atoms with van der Waals surface area (Å²) in [4.78, 5) is 27.8. The minimum absolute atomic E-state index is 0.00399. The third kappa shape index (κ3) is 5.48. The van der Waals surface area contributed by atoms with E-state index in [2.05, 4.69) is 60.4 Å². The fourth-order valence-corrected chi connectivity index (χ4v) is 6.35. The Bertz CT molecular complexity index is 1040. The third-order valence-electron chi connectivity index (χ3n) is 9.76. The molecule has 3 N–H and O–H groups in total. The van der Waals surface area contributed by atoms with Gasteiger partial charge in [-0.05, 0) is 85.6 Å². The molecule has 1 saturated heterocycles. The van der Waals surface area contributed by atoms with Gasteiger partial charge in [-0.2, -0.15) is 0 Å². The van der Waals surface area contributed by atoms with Gasteiger partial charge in [-0.25, -0.2) is 0 Å². The Hall–Kier alpha value is -2.08. The number of likely N-dealkylation sites (tertiary alicyclic amines) is 1. The molecule has 1 unspecified atom stereocenters. The van der Waals surface area contributed by atoms with Gasteiger partial charge in [-0.15, -0.1) is 0 Å². The second-order valence-corrected chi connectivity index (χ2v) is 14.7. The molecule has 0 spiro atoms. The zero-order valence-electron chi connectivity index (χ0n) is 26.0. The van der Waals surface area contributed by atoms with Crippen molar-refractivity contribution in [2.75, 3.05) is 13.6 Å². The van der Waals surface area contributed by atoms with E-state index in [-0.39, 0.29) is 35.5 Å². The van der Waals surface area contributed by atoms with Gasteiger partial charge in [0.1, 0.15) is 5.75 Å². The van der Waals surface area contributed by atoms with Crippen molar-refractivity contribution in [3.05, 3.63) is 28.3 Å². The molecule has 1 aromatic rings. The van der Waals surface area contributed by atoms with E-state index in [0.717, 1.165) is 35.2 Å². The summed E-state index contributed by atoms with van der Waals surface area (Å²) < 4.78 is 0. The average Bonchev–Trinajstić information content (AvgIpc) is 2.74. The lowest BCUT2D eigenvalue weighted by molar-refractivity contribution is -0.165. The maximum atomic E-state index is 12.7. The van der Waals surface area contributed by atoms with E-state index >= 15 is 0 Å². The van der Waals surface area contributed by atoms with Gasteiger partial charge in [-0.1, -0.05) is 81.2 Å². The molecule has 1 heterocycles. The molecule has 216 valence electrons. The number of carbonyl (C=O) groups is 2. The van der Waals surface area contributed by atoms with Crippen LogP contribution in [0.1, 0.15) is 130 Å². The molecule has 1 aromatic carbocycles. The maximum Gasteiger partial charge on any atom is 0.321 e. The standard InChI is InChI=1S/C32H53NO5/c1-13-14-16-32(26(35)36,27(37)38)19-20-18-22(28(2,3)4)25(34)24(29(5,6)7)23(20)21-15-17-33(12)31(10,11)30(21,8)9/h18,21,34H,13-17,19H2,1-12H3,(H,35,36)(H,37,38). The van der Waals surface area contributed by atoms with Crippen LogP contribution in [-0.4, -0.2) is 51.3 Å². The van der Waals surface area contributed by atoms with Crippen molar-refractivity contribution < 1.29 is 24.9 Å². The normalized spacial score (nSPS) is 20.4. The summed E-state index contributed by atoms with van der Waals surface area (Å²) in [5.74, 6) is -2.34. The molecular weight excluding hydrogens is 478 g/mol. The quantitative estimate of drug-likeness (QED) is 0.310. The Balaban J connectivity index is 3.09. The molecule has 0 radical (unpaired) electrons. The molecule has 1 aliphatic heterocycles. The van der Waals surface area contributed by atoms with Crippen LogP contribution in [-0.2, 0) is 26.8 Å². The number of hydrogen-bond donors (Lipinski definition) is 3. The number of carboxylic acids is 2. The molecule has 0 aliphatic carbocycles. The highest BCUT2D eigenvalue weighted by molar-refractivity contribution is 5.98. The monoisotopic (exact) mass is 531 g/mol. The van der Waals surface area contributed by atoms with Gasteiger partial charge in [0.25, 0.3) is 0 Å². The first-order valence-corrected chi connectivity index (χ1v) is 14.1.